The molecule has 2 heteroatoms. The highest BCUT2D eigenvalue weighted by Crippen LogP contribution is 1.97. The van der Waals surface area contributed by atoms with Gasteiger partial charge in [0.25, 0.3) is 0 Å². The molecule has 8 heavy (non-hydrogen) atoms. The SMILES string of the molecule is CC(C)COC(C)F. The summed E-state index contributed by atoms with van der Waals surface area (Å²) in [5.41, 5.74) is 0. The molecule has 0 aromatic rings. The second kappa shape index (κ2) is 3.84. The Bertz CT molecular complexity index is 44.5. The van der Waals surface area contributed by atoms with Crippen LogP contribution in [0.4, 0.5) is 4.39 Å². The van der Waals surface area contributed by atoms with Crippen molar-refractivity contribution >= 4 is 0 Å². The fourth-order valence-electron chi connectivity index (χ4n) is 0.325. The molecule has 0 bridgehead atoms. The van der Waals surface area contributed by atoms with Crippen LogP contribution in [-0.2, 0) is 4.74 Å². The molecule has 1 atom stereocenters. The number of ether oxygens (including phenoxy) is 1. The molecular formula is C6H13FO. The Morgan fingerprint density at radius 3 is 2.00 bits per heavy atom. The fraction of sp³-hybridized carbons (Fsp3) is 1.00. The van der Waals surface area contributed by atoms with E-state index in [1.807, 2.05) is 13.8 Å². The van der Waals surface area contributed by atoms with Gasteiger partial charge in [-0.1, -0.05) is 13.8 Å². The van der Waals surface area contributed by atoms with E-state index in [9.17, 15) is 4.39 Å². The average Bonchev–Trinajstić information content (AvgIpc) is 1.61. The molecule has 0 heterocycles. The van der Waals surface area contributed by atoms with Crippen molar-refractivity contribution in [2.45, 2.75) is 27.1 Å². The second-order valence-electron chi connectivity index (χ2n) is 2.27. The Morgan fingerprint density at radius 1 is 1.38 bits per heavy atom. The van der Waals surface area contributed by atoms with Gasteiger partial charge in [-0.15, -0.1) is 0 Å². The molecule has 0 saturated heterocycles. The summed E-state index contributed by atoms with van der Waals surface area (Å²) in [6, 6.07) is 0. The van der Waals surface area contributed by atoms with Crippen LogP contribution in [0.5, 0.6) is 0 Å². The van der Waals surface area contributed by atoms with E-state index in [0.717, 1.165) is 0 Å². The van der Waals surface area contributed by atoms with Crippen molar-refractivity contribution in [3.8, 4) is 0 Å². The molecule has 0 radical (unpaired) electrons. The molecule has 0 aromatic heterocycles. The summed E-state index contributed by atoms with van der Waals surface area (Å²) in [6.07, 6.45) is -1.11. The first-order chi connectivity index (χ1) is 3.63. The molecule has 1 unspecified atom stereocenters. The lowest BCUT2D eigenvalue weighted by Gasteiger charge is -2.05. The van der Waals surface area contributed by atoms with Crippen LogP contribution >= 0.6 is 0 Å². The first kappa shape index (κ1) is 7.89. The molecule has 0 aliphatic rings. The molecule has 0 fully saturated rings. The lowest BCUT2D eigenvalue weighted by Crippen LogP contribution is -2.06. The standard InChI is InChI=1S/C6H13FO/c1-5(2)4-8-6(3)7/h5-6H,4H2,1-3H3. The van der Waals surface area contributed by atoms with Crippen molar-refractivity contribution in [2.24, 2.45) is 5.92 Å². The number of halogens is 1. The summed E-state index contributed by atoms with van der Waals surface area (Å²) >= 11 is 0. The average molecular weight is 120 g/mol. The van der Waals surface area contributed by atoms with Crippen molar-refractivity contribution in [3.05, 3.63) is 0 Å². The number of hydrogen-bond donors (Lipinski definition) is 0. The quantitative estimate of drug-likeness (QED) is 0.553. The van der Waals surface area contributed by atoms with Crippen LogP contribution in [0.3, 0.4) is 0 Å². The Kier molecular flexibility index (Phi) is 3.79. The third-order valence-electron chi connectivity index (χ3n) is 0.659. The van der Waals surface area contributed by atoms with E-state index in [1.165, 1.54) is 6.92 Å². The molecule has 50 valence electrons. The second-order valence-corrected chi connectivity index (χ2v) is 2.27. The molecule has 0 amide bonds. The largest absolute Gasteiger partial charge is 0.348 e. The zero-order valence-electron chi connectivity index (χ0n) is 5.65. The lowest BCUT2D eigenvalue weighted by molar-refractivity contribution is -0.0358. The minimum absolute atomic E-state index is 0.424. The van der Waals surface area contributed by atoms with E-state index in [0.29, 0.717) is 12.5 Å². The minimum atomic E-state index is -1.11. The third-order valence-corrected chi connectivity index (χ3v) is 0.659. The molecule has 0 saturated carbocycles. The van der Waals surface area contributed by atoms with E-state index in [-0.39, 0.29) is 0 Å². The van der Waals surface area contributed by atoms with Gasteiger partial charge in [-0.2, -0.15) is 0 Å². The van der Waals surface area contributed by atoms with Gasteiger partial charge in [0.1, 0.15) is 0 Å². The van der Waals surface area contributed by atoms with E-state index in [1.54, 1.807) is 0 Å². The smallest absolute Gasteiger partial charge is 0.195 e. The Hall–Kier alpha value is -0.110. The fourth-order valence-corrected chi connectivity index (χ4v) is 0.325. The van der Waals surface area contributed by atoms with Crippen molar-refractivity contribution in [1.82, 2.24) is 0 Å². The third kappa shape index (κ3) is 5.89. The first-order valence-corrected chi connectivity index (χ1v) is 2.88. The van der Waals surface area contributed by atoms with Crippen LogP contribution in [0, 0.1) is 5.92 Å². The summed E-state index contributed by atoms with van der Waals surface area (Å²) in [7, 11) is 0. The highest BCUT2D eigenvalue weighted by Gasteiger charge is 1.97. The Morgan fingerprint density at radius 2 is 1.88 bits per heavy atom. The summed E-state index contributed by atoms with van der Waals surface area (Å²) < 4.78 is 16.5. The van der Waals surface area contributed by atoms with Gasteiger partial charge in [0.2, 0.25) is 0 Å². The van der Waals surface area contributed by atoms with Gasteiger partial charge >= 0.3 is 0 Å². The van der Waals surface area contributed by atoms with Gasteiger partial charge in [-0.3, -0.25) is 0 Å². The van der Waals surface area contributed by atoms with Gasteiger partial charge in [0.05, 0.1) is 6.61 Å². The zero-order chi connectivity index (χ0) is 6.57. The molecule has 1 nitrogen and oxygen atoms in total. The molecule has 0 aliphatic carbocycles. The number of hydrogen-bond acceptors (Lipinski definition) is 1. The predicted molar refractivity (Wildman–Crippen MR) is 31.4 cm³/mol. The van der Waals surface area contributed by atoms with E-state index in [4.69, 9.17) is 0 Å². The van der Waals surface area contributed by atoms with Crippen LogP contribution < -0.4 is 0 Å². The Balaban J connectivity index is 2.93. The van der Waals surface area contributed by atoms with E-state index < -0.39 is 6.36 Å². The van der Waals surface area contributed by atoms with Gasteiger partial charge in [0, 0.05) is 0 Å². The van der Waals surface area contributed by atoms with Crippen LogP contribution in [-0.4, -0.2) is 13.0 Å². The normalized spacial score (nSPS) is 14.6. The molecule has 0 aromatic carbocycles. The maximum absolute atomic E-state index is 11.8. The molecule has 0 N–H and O–H groups in total. The lowest BCUT2D eigenvalue weighted by atomic mass is 10.2. The van der Waals surface area contributed by atoms with Gasteiger partial charge in [-0.05, 0) is 12.8 Å². The molecular weight excluding hydrogens is 107 g/mol. The Labute approximate surface area is 49.8 Å². The number of alkyl halides is 1. The zero-order valence-corrected chi connectivity index (χ0v) is 5.65. The monoisotopic (exact) mass is 120 g/mol. The van der Waals surface area contributed by atoms with Crippen LogP contribution in [0.25, 0.3) is 0 Å². The molecule has 0 spiro atoms. The minimum Gasteiger partial charge on any atom is -0.348 e. The van der Waals surface area contributed by atoms with Crippen LogP contribution in [0.1, 0.15) is 20.8 Å². The topological polar surface area (TPSA) is 9.23 Å². The van der Waals surface area contributed by atoms with Crippen LogP contribution in [0.15, 0.2) is 0 Å². The van der Waals surface area contributed by atoms with Gasteiger partial charge in [0.15, 0.2) is 6.36 Å². The van der Waals surface area contributed by atoms with Gasteiger partial charge in [-0.25, -0.2) is 4.39 Å². The maximum atomic E-state index is 11.8. The molecule has 0 rings (SSSR count). The van der Waals surface area contributed by atoms with Crippen molar-refractivity contribution in [3.63, 3.8) is 0 Å². The van der Waals surface area contributed by atoms with E-state index in [2.05, 4.69) is 4.74 Å². The van der Waals surface area contributed by atoms with Crippen molar-refractivity contribution < 1.29 is 9.13 Å². The number of rotatable bonds is 3. The predicted octanol–water partition coefficient (Wildman–Crippen LogP) is 1.97. The van der Waals surface area contributed by atoms with Crippen LogP contribution in [0.2, 0.25) is 0 Å². The summed E-state index contributed by atoms with van der Waals surface area (Å²) in [6.45, 7) is 5.88. The summed E-state index contributed by atoms with van der Waals surface area (Å²) in [5, 5.41) is 0. The van der Waals surface area contributed by atoms with Crippen molar-refractivity contribution in [2.75, 3.05) is 6.61 Å². The first-order valence-electron chi connectivity index (χ1n) is 2.88. The van der Waals surface area contributed by atoms with Crippen molar-refractivity contribution in [1.29, 1.82) is 0 Å². The maximum Gasteiger partial charge on any atom is 0.195 e. The van der Waals surface area contributed by atoms with Gasteiger partial charge < -0.3 is 4.74 Å². The molecule has 0 aliphatic heterocycles. The highest BCUT2D eigenvalue weighted by atomic mass is 19.1. The highest BCUT2D eigenvalue weighted by molar-refractivity contribution is 4.38. The summed E-state index contributed by atoms with van der Waals surface area (Å²) in [4.78, 5) is 0. The summed E-state index contributed by atoms with van der Waals surface area (Å²) in [5.74, 6) is 0.424. The van der Waals surface area contributed by atoms with E-state index >= 15 is 0 Å².